The number of allylic oxidation sites excluding steroid dienone is 3. The van der Waals surface area contributed by atoms with E-state index in [9.17, 15) is 13.2 Å². The van der Waals surface area contributed by atoms with Crippen LogP contribution in [0.25, 0.3) is 0 Å². The van der Waals surface area contributed by atoms with Gasteiger partial charge in [0.2, 0.25) is 0 Å². The fraction of sp³-hybridized carbons (Fsp3) is 0.143. The van der Waals surface area contributed by atoms with Gasteiger partial charge in [-0.05, 0) is 6.08 Å². The molecule has 0 fully saturated rings. The van der Waals surface area contributed by atoms with E-state index in [1.807, 2.05) is 0 Å². The molecule has 62 valence electrons. The Morgan fingerprint density at radius 2 is 1.82 bits per heavy atom. The van der Waals surface area contributed by atoms with Gasteiger partial charge in [0.25, 0.3) is 0 Å². The Hall–Kier alpha value is -1.19. The van der Waals surface area contributed by atoms with Crippen LogP contribution in [0.3, 0.4) is 0 Å². The van der Waals surface area contributed by atoms with E-state index in [-0.39, 0.29) is 0 Å². The molecule has 0 amide bonds. The van der Waals surface area contributed by atoms with Crippen molar-refractivity contribution in [2.45, 2.75) is 6.18 Å². The smallest absolute Gasteiger partial charge is 0.398 e. The number of halogens is 3. The van der Waals surface area contributed by atoms with E-state index in [1.165, 1.54) is 6.08 Å². The maximum Gasteiger partial charge on any atom is 0.417 e. The van der Waals surface area contributed by atoms with Gasteiger partial charge in [-0.3, -0.25) is 0 Å². The minimum Gasteiger partial charge on any atom is -0.398 e. The summed E-state index contributed by atoms with van der Waals surface area (Å²) in [5.41, 5.74) is 3.53. The highest BCUT2D eigenvalue weighted by molar-refractivity contribution is 5.31. The molecule has 0 rings (SSSR count). The van der Waals surface area contributed by atoms with Crippen molar-refractivity contribution in [3.8, 4) is 0 Å². The molecule has 0 aliphatic heterocycles. The first-order valence-electron chi connectivity index (χ1n) is 2.74. The molecule has 0 radical (unpaired) electrons. The quantitative estimate of drug-likeness (QED) is 0.620. The summed E-state index contributed by atoms with van der Waals surface area (Å²) in [5.74, 6) is 0. The number of hydrogen-bond acceptors (Lipinski definition) is 1. The van der Waals surface area contributed by atoms with E-state index in [1.54, 1.807) is 0 Å². The molecule has 11 heavy (non-hydrogen) atoms. The van der Waals surface area contributed by atoms with Crippen molar-refractivity contribution in [1.29, 1.82) is 0 Å². The zero-order chi connectivity index (χ0) is 9.07. The Kier molecular flexibility index (Phi) is 2.92. The largest absolute Gasteiger partial charge is 0.417 e. The normalized spacial score (nSPS) is 12.8. The van der Waals surface area contributed by atoms with E-state index in [0.29, 0.717) is 0 Å². The summed E-state index contributed by atoms with van der Waals surface area (Å²) < 4.78 is 35.3. The molecule has 0 aromatic heterocycles. The molecule has 0 heterocycles. The first-order valence-corrected chi connectivity index (χ1v) is 2.74. The van der Waals surface area contributed by atoms with Gasteiger partial charge < -0.3 is 5.73 Å². The van der Waals surface area contributed by atoms with Gasteiger partial charge in [-0.15, -0.1) is 0 Å². The van der Waals surface area contributed by atoms with E-state index < -0.39 is 17.4 Å². The van der Waals surface area contributed by atoms with Crippen LogP contribution in [0.5, 0.6) is 0 Å². The lowest BCUT2D eigenvalue weighted by Gasteiger charge is -2.08. The minimum atomic E-state index is -4.45. The van der Waals surface area contributed by atoms with Crippen molar-refractivity contribution in [1.82, 2.24) is 0 Å². The zero-order valence-corrected chi connectivity index (χ0v) is 5.78. The fourth-order valence-corrected chi connectivity index (χ4v) is 0.391. The molecule has 0 saturated carbocycles. The lowest BCUT2D eigenvalue weighted by atomic mass is 10.2. The van der Waals surface area contributed by atoms with Gasteiger partial charge in [0, 0.05) is 5.70 Å². The first-order chi connectivity index (χ1) is 4.89. The third-order valence-electron chi connectivity index (χ3n) is 0.988. The third-order valence-corrected chi connectivity index (χ3v) is 0.988. The van der Waals surface area contributed by atoms with Crippen molar-refractivity contribution in [3.05, 3.63) is 36.6 Å². The monoisotopic (exact) mass is 163 g/mol. The van der Waals surface area contributed by atoms with Gasteiger partial charge in [-0.2, -0.15) is 13.2 Å². The molecule has 4 heteroatoms. The second-order valence-corrected chi connectivity index (χ2v) is 1.83. The van der Waals surface area contributed by atoms with E-state index in [0.717, 1.165) is 6.08 Å². The second-order valence-electron chi connectivity index (χ2n) is 1.83. The summed E-state index contributed by atoms with van der Waals surface area (Å²) in [6, 6.07) is 0. The van der Waals surface area contributed by atoms with Crippen molar-refractivity contribution in [2.75, 3.05) is 0 Å². The molecule has 0 aromatic carbocycles. The Morgan fingerprint density at radius 1 is 1.36 bits per heavy atom. The van der Waals surface area contributed by atoms with Gasteiger partial charge in [0.05, 0.1) is 5.57 Å². The molecule has 0 spiro atoms. The van der Waals surface area contributed by atoms with Gasteiger partial charge in [0.1, 0.15) is 0 Å². The summed E-state index contributed by atoms with van der Waals surface area (Å²) in [7, 11) is 0. The average molecular weight is 163 g/mol. The Bertz CT molecular complexity index is 200. The highest BCUT2D eigenvalue weighted by Gasteiger charge is 2.32. The molecule has 0 aromatic rings. The van der Waals surface area contributed by atoms with Crippen LogP contribution in [0.15, 0.2) is 36.6 Å². The highest BCUT2D eigenvalue weighted by Crippen LogP contribution is 2.27. The SMILES string of the molecule is C=C/C=C(/N)C(=C)C(F)(F)F. The minimum absolute atomic E-state index is 0.410. The van der Waals surface area contributed by atoms with Gasteiger partial charge in [0.15, 0.2) is 0 Å². The van der Waals surface area contributed by atoms with Crippen LogP contribution in [0, 0.1) is 0 Å². The number of nitrogens with two attached hydrogens (primary N) is 1. The summed E-state index contributed by atoms with van der Waals surface area (Å²) in [5, 5.41) is 0. The van der Waals surface area contributed by atoms with Crippen LogP contribution >= 0.6 is 0 Å². The predicted octanol–water partition coefficient (Wildman–Crippen LogP) is 2.13. The van der Waals surface area contributed by atoms with Gasteiger partial charge in [-0.25, -0.2) is 0 Å². The molecule has 0 bridgehead atoms. The van der Waals surface area contributed by atoms with Crippen molar-refractivity contribution in [2.24, 2.45) is 5.73 Å². The summed E-state index contributed by atoms with van der Waals surface area (Å²) in [4.78, 5) is 0. The number of hydrogen-bond donors (Lipinski definition) is 1. The van der Waals surface area contributed by atoms with Gasteiger partial charge in [-0.1, -0.05) is 19.2 Å². The average Bonchev–Trinajstić information content (AvgIpc) is 1.85. The van der Waals surface area contributed by atoms with Crippen LogP contribution in [0.4, 0.5) is 13.2 Å². The molecule has 2 N–H and O–H groups in total. The molecular weight excluding hydrogens is 155 g/mol. The maximum atomic E-state index is 11.8. The maximum absolute atomic E-state index is 11.8. The zero-order valence-electron chi connectivity index (χ0n) is 5.78. The fourth-order valence-electron chi connectivity index (χ4n) is 0.391. The molecule has 0 atom stereocenters. The van der Waals surface area contributed by atoms with E-state index in [2.05, 4.69) is 13.2 Å². The van der Waals surface area contributed by atoms with Crippen LogP contribution in [-0.2, 0) is 0 Å². The van der Waals surface area contributed by atoms with Crippen LogP contribution in [0.1, 0.15) is 0 Å². The summed E-state index contributed by atoms with van der Waals surface area (Å²) in [6.07, 6.45) is -2.23. The topological polar surface area (TPSA) is 26.0 Å². The summed E-state index contributed by atoms with van der Waals surface area (Å²) in [6.45, 7) is 5.98. The summed E-state index contributed by atoms with van der Waals surface area (Å²) >= 11 is 0. The molecule has 0 aliphatic rings. The first kappa shape index (κ1) is 9.81. The van der Waals surface area contributed by atoms with Crippen LogP contribution in [-0.4, -0.2) is 6.18 Å². The third kappa shape index (κ3) is 2.93. The van der Waals surface area contributed by atoms with Gasteiger partial charge >= 0.3 is 6.18 Å². The standard InChI is InChI=1S/C7H8F3N/c1-3-4-6(11)5(2)7(8,9)10/h3-4H,1-2,11H2/b6-4+. The Balaban J connectivity index is 4.51. The highest BCUT2D eigenvalue weighted by atomic mass is 19.4. The van der Waals surface area contributed by atoms with E-state index in [4.69, 9.17) is 5.73 Å². The van der Waals surface area contributed by atoms with Crippen molar-refractivity contribution < 1.29 is 13.2 Å². The second kappa shape index (κ2) is 3.27. The van der Waals surface area contributed by atoms with Crippen LogP contribution < -0.4 is 5.73 Å². The van der Waals surface area contributed by atoms with Crippen LogP contribution in [0.2, 0.25) is 0 Å². The lowest BCUT2D eigenvalue weighted by molar-refractivity contribution is -0.0890. The Labute approximate surface area is 62.7 Å². The molecule has 1 nitrogen and oxygen atoms in total. The Morgan fingerprint density at radius 3 is 2.09 bits per heavy atom. The predicted molar refractivity (Wildman–Crippen MR) is 37.7 cm³/mol. The lowest BCUT2D eigenvalue weighted by Crippen LogP contribution is -2.16. The van der Waals surface area contributed by atoms with E-state index >= 15 is 0 Å². The molecule has 0 aliphatic carbocycles. The van der Waals surface area contributed by atoms with Crippen molar-refractivity contribution >= 4 is 0 Å². The number of rotatable bonds is 2. The molecule has 0 unspecified atom stereocenters. The molecular formula is C7H8F3N. The van der Waals surface area contributed by atoms with Crippen molar-refractivity contribution in [3.63, 3.8) is 0 Å². The number of alkyl halides is 3. The molecule has 0 saturated heterocycles.